The number of methoxy groups -OCH3 is 2. The highest BCUT2D eigenvalue weighted by molar-refractivity contribution is 6.35. The quantitative estimate of drug-likeness (QED) is 0.873. The third-order valence-electron chi connectivity index (χ3n) is 2.77. The van der Waals surface area contributed by atoms with Crippen LogP contribution in [0.3, 0.4) is 0 Å². The summed E-state index contributed by atoms with van der Waals surface area (Å²) in [6.07, 6.45) is 0. The first-order valence-electron chi connectivity index (χ1n) is 6.02. The summed E-state index contributed by atoms with van der Waals surface area (Å²) in [7, 11) is 3.26. The van der Waals surface area contributed by atoms with Gasteiger partial charge in [-0.25, -0.2) is 0 Å². The van der Waals surface area contributed by atoms with Crippen LogP contribution in [-0.4, -0.2) is 14.2 Å². The first-order valence-corrected chi connectivity index (χ1v) is 6.78. The summed E-state index contributed by atoms with van der Waals surface area (Å²) < 4.78 is 10.5. The van der Waals surface area contributed by atoms with Crippen molar-refractivity contribution in [2.24, 2.45) is 0 Å². The molecule has 0 saturated carbocycles. The molecule has 0 spiro atoms. The van der Waals surface area contributed by atoms with Crippen LogP contribution in [0.2, 0.25) is 10.0 Å². The van der Waals surface area contributed by atoms with Gasteiger partial charge >= 0.3 is 0 Å². The molecule has 3 nitrogen and oxygen atoms in total. The van der Waals surface area contributed by atoms with Gasteiger partial charge in [0.15, 0.2) is 0 Å². The van der Waals surface area contributed by atoms with E-state index in [-0.39, 0.29) is 0 Å². The maximum atomic E-state index is 5.96. The van der Waals surface area contributed by atoms with Crippen molar-refractivity contribution in [1.29, 1.82) is 0 Å². The zero-order chi connectivity index (χ0) is 14.5. The molecular formula is C15H15Cl2NO2. The molecule has 0 fully saturated rings. The van der Waals surface area contributed by atoms with Crippen molar-refractivity contribution in [3.05, 3.63) is 52.0 Å². The van der Waals surface area contributed by atoms with Crippen LogP contribution in [0, 0.1) is 0 Å². The van der Waals surface area contributed by atoms with Crippen LogP contribution >= 0.6 is 23.2 Å². The number of halogens is 2. The number of anilines is 1. The lowest BCUT2D eigenvalue weighted by Crippen LogP contribution is -2.00. The van der Waals surface area contributed by atoms with Crippen molar-refractivity contribution in [1.82, 2.24) is 0 Å². The number of hydrogen-bond donors (Lipinski definition) is 1. The molecule has 1 N–H and O–H groups in total. The lowest BCUT2D eigenvalue weighted by Gasteiger charge is -2.11. The summed E-state index contributed by atoms with van der Waals surface area (Å²) in [6, 6.07) is 11.1. The van der Waals surface area contributed by atoms with E-state index >= 15 is 0 Å². The summed E-state index contributed by atoms with van der Waals surface area (Å²) >= 11 is 11.9. The SMILES string of the molecule is COc1cc(CNc2cc(Cl)cc(Cl)c2)cc(OC)c1. The number of hydrogen-bond acceptors (Lipinski definition) is 3. The second-order valence-electron chi connectivity index (χ2n) is 4.23. The van der Waals surface area contributed by atoms with Crippen LogP contribution < -0.4 is 14.8 Å². The molecule has 0 aromatic heterocycles. The zero-order valence-corrected chi connectivity index (χ0v) is 12.8. The van der Waals surface area contributed by atoms with Crippen LogP contribution in [0.15, 0.2) is 36.4 Å². The van der Waals surface area contributed by atoms with Crippen LogP contribution in [0.1, 0.15) is 5.56 Å². The Morgan fingerprint density at radius 1 is 0.850 bits per heavy atom. The third-order valence-corrected chi connectivity index (χ3v) is 3.21. The van der Waals surface area contributed by atoms with Crippen LogP contribution in [0.25, 0.3) is 0 Å². The fourth-order valence-electron chi connectivity index (χ4n) is 1.83. The maximum Gasteiger partial charge on any atom is 0.122 e. The number of ether oxygens (including phenoxy) is 2. The zero-order valence-electron chi connectivity index (χ0n) is 11.2. The van der Waals surface area contributed by atoms with Gasteiger partial charge in [0.2, 0.25) is 0 Å². The highest BCUT2D eigenvalue weighted by atomic mass is 35.5. The van der Waals surface area contributed by atoms with E-state index in [4.69, 9.17) is 32.7 Å². The monoisotopic (exact) mass is 311 g/mol. The molecule has 0 aliphatic heterocycles. The Labute approximate surface area is 128 Å². The molecule has 0 unspecified atom stereocenters. The van der Waals surface area contributed by atoms with Crippen molar-refractivity contribution >= 4 is 28.9 Å². The van der Waals surface area contributed by atoms with Crippen molar-refractivity contribution in [3.8, 4) is 11.5 Å². The molecule has 0 heterocycles. The topological polar surface area (TPSA) is 30.5 Å². The van der Waals surface area contributed by atoms with E-state index in [1.54, 1.807) is 20.3 Å². The predicted molar refractivity (Wildman–Crippen MR) is 83.3 cm³/mol. The molecule has 0 radical (unpaired) electrons. The molecule has 0 saturated heterocycles. The fraction of sp³-hybridized carbons (Fsp3) is 0.200. The van der Waals surface area contributed by atoms with Gasteiger partial charge < -0.3 is 14.8 Å². The van der Waals surface area contributed by atoms with E-state index in [2.05, 4.69) is 5.32 Å². The van der Waals surface area contributed by atoms with E-state index < -0.39 is 0 Å². The Hall–Kier alpha value is -1.58. The molecular weight excluding hydrogens is 297 g/mol. The number of benzene rings is 2. The molecule has 5 heteroatoms. The van der Waals surface area contributed by atoms with Crippen LogP contribution in [-0.2, 0) is 6.54 Å². The van der Waals surface area contributed by atoms with Gasteiger partial charge in [0.1, 0.15) is 11.5 Å². The van der Waals surface area contributed by atoms with Crippen LogP contribution in [0.4, 0.5) is 5.69 Å². The third kappa shape index (κ3) is 3.95. The Morgan fingerprint density at radius 3 is 1.90 bits per heavy atom. The first-order chi connectivity index (χ1) is 9.60. The van der Waals surface area contributed by atoms with Gasteiger partial charge in [-0.3, -0.25) is 0 Å². The van der Waals surface area contributed by atoms with Gasteiger partial charge in [-0.2, -0.15) is 0 Å². The largest absolute Gasteiger partial charge is 0.497 e. The van der Waals surface area contributed by atoms with Gasteiger partial charge in [0, 0.05) is 28.3 Å². The molecule has 0 amide bonds. The molecule has 20 heavy (non-hydrogen) atoms. The predicted octanol–water partition coefficient (Wildman–Crippen LogP) is 4.62. The fourth-order valence-corrected chi connectivity index (χ4v) is 2.35. The smallest absolute Gasteiger partial charge is 0.122 e. The molecule has 106 valence electrons. The van der Waals surface area contributed by atoms with Crippen molar-refractivity contribution < 1.29 is 9.47 Å². The minimum absolute atomic E-state index is 0.600. The van der Waals surface area contributed by atoms with E-state index in [9.17, 15) is 0 Å². The highest BCUT2D eigenvalue weighted by Crippen LogP contribution is 2.25. The number of rotatable bonds is 5. The second kappa shape index (κ2) is 6.73. The Balaban J connectivity index is 2.13. The minimum atomic E-state index is 0.600. The number of nitrogens with one attached hydrogen (secondary N) is 1. The average molecular weight is 312 g/mol. The lowest BCUT2D eigenvalue weighted by molar-refractivity contribution is 0.393. The lowest BCUT2D eigenvalue weighted by atomic mass is 10.2. The Kier molecular flexibility index (Phi) is 4.99. The normalized spacial score (nSPS) is 10.2. The van der Waals surface area contributed by atoms with Crippen molar-refractivity contribution in [2.45, 2.75) is 6.54 Å². The van der Waals surface area contributed by atoms with E-state index in [1.807, 2.05) is 30.3 Å². The molecule has 2 aromatic carbocycles. The summed E-state index contributed by atoms with van der Waals surface area (Å²) in [4.78, 5) is 0. The molecule has 0 aliphatic carbocycles. The Morgan fingerprint density at radius 2 is 1.40 bits per heavy atom. The van der Waals surface area contributed by atoms with E-state index in [1.165, 1.54) is 0 Å². The summed E-state index contributed by atoms with van der Waals surface area (Å²) in [5, 5.41) is 4.47. The first kappa shape index (κ1) is 14.8. The average Bonchev–Trinajstić information content (AvgIpc) is 2.43. The minimum Gasteiger partial charge on any atom is -0.497 e. The van der Waals surface area contributed by atoms with Gasteiger partial charge in [-0.15, -0.1) is 0 Å². The molecule has 0 bridgehead atoms. The standard InChI is InChI=1S/C15H15Cl2NO2/c1-19-14-3-10(4-15(8-14)20-2)9-18-13-6-11(16)5-12(17)7-13/h3-8,18H,9H2,1-2H3. The van der Waals surface area contributed by atoms with E-state index in [0.717, 1.165) is 22.7 Å². The van der Waals surface area contributed by atoms with Gasteiger partial charge in [-0.1, -0.05) is 23.2 Å². The molecule has 2 rings (SSSR count). The van der Waals surface area contributed by atoms with Crippen LogP contribution in [0.5, 0.6) is 11.5 Å². The highest BCUT2D eigenvalue weighted by Gasteiger charge is 2.03. The molecule has 0 aliphatic rings. The molecule has 0 atom stereocenters. The second-order valence-corrected chi connectivity index (χ2v) is 5.11. The van der Waals surface area contributed by atoms with E-state index in [0.29, 0.717) is 16.6 Å². The van der Waals surface area contributed by atoms with Crippen molar-refractivity contribution in [2.75, 3.05) is 19.5 Å². The molecule has 2 aromatic rings. The maximum absolute atomic E-state index is 5.96. The summed E-state index contributed by atoms with van der Waals surface area (Å²) in [6.45, 7) is 0.615. The van der Waals surface area contributed by atoms with Gasteiger partial charge in [-0.05, 0) is 35.9 Å². The van der Waals surface area contributed by atoms with Gasteiger partial charge in [0.05, 0.1) is 14.2 Å². The van der Waals surface area contributed by atoms with Crippen molar-refractivity contribution in [3.63, 3.8) is 0 Å². The summed E-state index contributed by atoms with van der Waals surface area (Å²) in [5.74, 6) is 1.51. The Bertz CT molecular complexity index is 560. The summed E-state index contributed by atoms with van der Waals surface area (Å²) in [5.41, 5.74) is 1.90. The van der Waals surface area contributed by atoms with Gasteiger partial charge in [0.25, 0.3) is 0 Å².